The van der Waals surface area contributed by atoms with Crippen molar-refractivity contribution in [1.29, 1.82) is 0 Å². The monoisotopic (exact) mass is 461 g/mol. The van der Waals surface area contributed by atoms with E-state index in [0.29, 0.717) is 17.7 Å². The highest BCUT2D eigenvalue weighted by Gasteiger charge is 2.24. The van der Waals surface area contributed by atoms with Crippen LogP contribution in [0.4, 0.5) is 5.69 Å². The number of hydrogen-bond donors (Lipinski definition) is 1. The van der Waals surface area contributed by atoms with E-state index in [2.05, 4.69) is 54.3 Å². The normalized spacial score (nSPS) is 15.6. The minimum atomic E-state index is 0.357. The van der Waals surface area contributed by atoms with Gasteiger partial charge >= 0.3 is 0 Å². The molecule has 1 atom stereocenters. The third kappa shape index (κ3) is 5.87. The van der Waals surface area contributed by atoms with Crippen molar-refractivity contribution in [3.05, 3.63) is 52.0 Å². The fourth-order valence-electron chi connectivity index (χ4n) is 4.26. The van der Waals surface area contributed by atoms with Crippen molar-refractivity contribution >= 4 is 17.3 Å². The summed E-state index contributed by atoms with van der Waals surface area (Å²) in [5, 5.41) is 0.647. The van der Waals surface area contributed by atoms with E-state index in [1.54, 1.807) is 14.2 Å². The molecule has 2 aromatic carbocycles. The second-order valence-electron chi connectivity index (χ2n) is 8.22. The molecule has 1 N–H and O–H groups in total. The van der Waals surface area contributed by atoms with Crippen LogP contribution in [0, 0.1) is 13.8 Å². The zero-order valence-electron chi connectivity index (χ0n) is 19.9. The maximum Gasteiger partial charge on any atom is 0.139 e. The number of halogens is 1. The standard InChI is InChI=1S/C25H36ClN3O3/c1-18-19(2)24(32-16-6-11-27-31-5)10-8-22(18)20(3)28-12-14-29(15-13-28)21-7-9-23(26)25(17-21)30-4/h7-10,17,20,27H,6,11-16H2,1-5H3. The molecule has 0 aliphatic carbocycles. The Balaban J connectivity index is 1.59. The van der Waals surface area contributed by atoms with Crippen LogP contribution in [0.2, 0.25) is 5.02 Å². The highest BCUT2D eigenvalue weighted by molar-refractivity contribution is 6.32. The minimum absolute atomic E-state index is 0.357. The Kier molecular flexibility index (Phi) is 9.05. The van der Waals surface area contributed by atoms with Gasteiger partial charge in [-0.15, -0.1) is 0 Å². The number of ether oxygens (including phenoxy) is 2. The van der Waals surface area contributed by atoms with E-state index in [-0.39, 0.29) is 0 Å². The SMILES string of the molecule is CONCCCOc1ccc(C(C)N2CCN(c3ccc(Cl)c(OC)c3)CC2)c(C)c1C. The van der Waals surface area contributed by atoms with Crippen LogP contribution >= 0.6 is 11.6 Å². The zero-order valence-corrected chi connectivity index (χ0v) is 20.7. The first-order valence-electron chi connectivity index (χ1n) is 11.3. The number of rotatable bonds is 10. The Morgan fingerprint density at radius 3 is 2.44 bits per heavy atom. The van der Waals surface area contributed by atoms with Crippen molar-refractivity contribution in [1.82, 2.24) is 10.4 Å². The molecule has 2 aromatic rings. The largest absolute Gasteiger partial charge is 0.495 e. The molecule has 1 aliphatic rings. The lowest BCUT2D eigenvalue weighted by molar-refractivity contribution is 0.0874. The van der Waals surface area contributed by atoms with Gasteiger partial charge in [0.1, 0.15) is 11.5 Å². The molecule has 32 heavy (non-hydrogen) atoms. The predicted octanol–water partition coefficient (Wildman–Crippen LogP) is 4.77. The van der Waals surface area contributed by atoms with E-state index in [1.165, 1.54) is 16.7 Å². The second kappa shape index (κ2) is 11.8. The van der Waals surface area contributed by atoms with Gasteiger partial charge in [0.2, 0.25) is 0 Å². The molecule has 0 radical (unpaired) electrons. The molecular formula is C25H36ClN3O3. The van der Waals surface area contributed by atoms with Gasteiger partial charge in [-0.3, -0.25) is 4.90 Å². The molecule has 7 heteroatoms. The molecular weight excluding hydrogens is 426 g/mol. The second-order valence-corrected chi connectivity index (χ2v) is 8.63. The van der Waals surface area contributed by atoms with Gasteiger partial charge < -0.3 is 19.2 Å². The van der Waals surface area contributed by atoms with E-state index >= 15 is 0 Å². The number of nitrogens with one attached hydrogen (secondary N) is 1. The minimum Gasteiger partial charge on any atom is -0.495 e. The fourth-order valence-corrected chi connectivity index (χ4v) is 4.46. The molecule has 1 heterocycles. The van der Waals surface area contributed by atoms with Crippen molar-refractivity contribution < 1.29 is 14.3 Å². The summed E-state index contributed by atoms with van der Waals surface area (Å²) >= 11 is 6.19. The van der Waals surface area contributed by atoms with E-state index in [1.807, 2.05) is 12.1 Å². The van der Waals surface area contributed by atoms with Crippen LogP contribution in [0.5, 0.6) is 11.5 Å². The third-order valence-corrected chi connectivity index (χ3v) is 6.73. The summed E-state index contributed by atoms with van der Waals surface area (Å²) in [5.74, 6) is 1.70. The zero-order chi connectivity index (χ0) is 23.1. The first-order chi connectivity index (χ1) is 15.5. The Labute approximate surface area is 197 Å². The molecule has 176 valence electrons. The highest BCUT2D eigenvalue weighted by Crippen LogP contribution is 2.33. The fraction of sp³-hybridized carbons (Fsp3) is 0.520. The van der Waals surface area contributed by atoms with Crippen LogP contribution < -0.4 is 19.9 Å². The maximum atomic E-state index is 6.19. The summed E-state index contributed by atoms with van der Waals surface area (Å²) in [5.41, 5.74) is 7.91. The topological polar surface area (TPSA) is 46.2 Å². The van der Waals surface area contributed by atoms with Crippen molar-refractivity contribution in [3.63, 3.8) is 0 Å². The molecule has 0 bridgehead atoms. The van der Waals surface area contributed by atoms with Crippen molar-refractivity contribution in [2.24, 2.45) is 0 Å². The lowest BCUT2D eigenvalue weighted by atomic mass is 9.96. The van der Waals surface area contributed by atoms with Crippen molar-refractivity contribution in [3.8, 4) is 11.5 Å². The molecule has 0 spiro atoms. The number of hydroxylamine groups is 1. The number of hydrogen-bond acceptors (Lipinski definition) is 6. The van der Waals surface area contributed by atoms with Gasteiger partial charge in [-0.05, 0) is 62.1 Å². The summed E-state index contributed by atoms with van der Waals surface area (Å²) in [6.07, 6.45) is 0.897. The Morgan fingerprint density at radius 2 is 1.75 bits per heavy atom. The average molecular weight is 462 g/mol. The maximum absolute atomic E-state index is 6.19. The lowest BCUT2D eigenvalue weighted by Gasteiger charge is -2.40. The van der Waals surface area contributed by atoms with E-state index in [4.69, 9.17) is 25.9 Å². The highest BCUT2D eigenvalue weighted by atomic mass is 35.5. The molecule has 0 amide bonds. The lowest BCUT2D eigenvalue weighted by Crippen LogP contribution is -2.47. The predicted molar refractivity (Wildman–Crippen MR) is 131 cm³/mol. The summed E-state index contributed by atoms with van der Waals surface area (Å²) in [6, 6.07) is 10.7. The first kappa shape index (κ1) is 24.6. The van der Waals surface area contributed by atoms with Crippen LogP contribution in [0.15, 0.2) is 30.3 Å². The quantitative estimate of drug-likeness (QED) is 0.406. The summed E-state index contributed by atoms with van der Waals surface area (Å²) < 4.78 is 11.4. The van der Waals surface area contributed by atoms with Crippen LogP contribution in [0.1, 0.15) is 36.1 Å². The summed E-state index contributed by atoms with van der Waals surface area (Å²) in [6.45, 7) is 12.1. The van der Waals surface area contributed by atoms with Crippen LogP contribution in [0.25, 0.3) is 0 Å². The average Bonchev–Trinajstić information content (AvgIpc) is 2.81. The molecule has 1 fully saturated rings. The Morgan fingerprint density at radius 1 is 1.00 bits per heavy atom. The summed E-state index contributed by atoms with van der Waals surface area (Å²) in [4.78, 5) is 9.82. The number of anilines is 1. The summed E-state index contributed by atoms with van der Waals surface area (Å²) in [7, 11) is 3.28. The van der Waals surface area contributed by atoms with Gasteiger partial charge in [0, 0.05) is 50.5 Å². The van der Waals surface area contributed by atoms with Gasteiger partial charge in [-0.1, -0.05) is 17.7 Å². The van der Waals surface area contributed by atoms with E-state index < -0.39 is 0 Å². The van der Waals surface area contributed by atoms with Gasteiger partial charge in [0.05, 0.1) is 25.8 Å². The number of nitrogens with zero attached hydrogens (tertiary/aromatic N) is 2. The Hall–Kier alpha value is -1.99. The first-order valence-corrected chi connectivity index (χ1v) is 11.6. The van der Waals surface area contributed by atoms with Gasteiger partial charge in [0.15, 0.2) is 0 Å². The van der Waals surface area contributed by atoms with Crippen LogP contribution in [-0.4, -0.2) is 58.5 Å². The molecule has 0 aromatic heterocycles. The van der Waals surface area contributed by atoms with E-state index in [0.717, 1.165) is 56.3 Å². The molecule has 6 nitrogen and oxygen atoms in total. The van der Waals surface area contributed by atoms with Gasteiger partial charge in [-0.25, -0.2) is 5.48 Å². The van der Waals surface area contributed by atoms with Gasteiger partial charge in [0.25, 0.3) is 0 Å². The molecule has 1 unspecified atom stereocenters. The van der Waals surface area contributed by atoms with Crippen molar-refractivity contribution in [2.45, 2.75) is 33.2 Å². The molecule has 3 rings (SSSR count). The molecule has 1 saturated heterocycles. The number of piperazine rings is 1. The molecule has 0 saturated carbocycles. The van der Waals surface area contributed by atoms with Crippen LogP contribution in [-0.2, 0) is 4.84 Å². The number of benzene rings is 2. The molecule has 1 aliphatic heterocycles. The number of methoxy groups -OCH3 is 1. The van der Waals surface area contributed by atoms with Crippen molar-refractivity contribution in [2.75, 3.05) is 58.5 Å². The Bertz CT molecular complexity index is 885. The van der Waals surface area contributed by atoms with Crippen LogP contribution in [0.3, 0.4) is 0 Å². The third-order valence-electron chi connectivity index (χ3n) is 6.42. The smallest absolute Gasteiger partial charge is 0.139 e. The van der Waals surface area contributed by atoms with E-state index in [9.17, 15) is 0 Å². The van der Waals surface area contributed by atoms with Gasteiger partial charge in [-0.2, -0.15) is 0 Å².